The van der Waals surface area contributed by atoms with Gasteiger partial charge >= 0.3 is 6.01 Å². The molecule has 30 heavy (non-hydrogen) atoms. The minimum absolute atomic E-state index is 0.296. The predicted molar refractivity (Wildman–Crippen MR) is 120 cm³/mol. The largest absolute Gasteiger partial charge is 0.479 e. The molecule has 2 heterocycles. The molecule has 0 unspecified atom stereocenters. The summed E-state index contributed by atoms with van der Waals surface area (Å²) in [5.74, 6) is 0.721. The Morgan fingerprint density at radius 1 is 1.00 bits per heavy atom. The average Bonchev–Trinajstić information content (AvgIpc) is 3.19. The van der Waals surface area contributed by atoms with Gasteiger partial charge in [-0.3, -0.25) is 0 Å². The van der Waals surface area contributed by atoms with E-state index in [-0.39, 0.29) is 6.01 Å². The van der Waals surface area contributed by atoms with E-state index in [9.17, 15) is 5.11 Å². The molecule has 2 aromatic heterocycles. The van der Waals surface area contributed by atoms with Gasteiger partial charge in [0.15, 0.2) is 0 Å². The van der Waals surface area contributed by atoms with Gasteiger partial charge < -0.3 is 20.2 Å². The quantitative estimate of drug-likeness (QED) is 0.447. The van der Waals surface area contributed by atoms with Crippen LogP contribution in [0.3, 0.4) is 0 Å². The highest BCUT2D eigenvalue weighted by molar-refractivity contribution is 7.16. The van der Waals surface area contributed by atoms with E-state index in [1.165, 1.54) is 0 Å². The van der Waals surface area contributed by atoms with Crippen LogP contribution in [0.15, 0.2) is 54.0 Å². The normalized spacial score (nSPS) is 11.2. The number of hydrogen-bond acceptors (Lipinski definition) is 9. The van der Waals surface area contributed by atoms with Crippen LogP contribution in [0.1, 0.15) is 5.56 Å². The highest BCUT2D eigenvalue weighted by atomic mass is 32.1. The molecule has 9 heteroatoms. The summed E-state index contributed by atoms with van der Waals surface area (Å²) in [5.41, 5.74) is 4.73. The number of likely N-dealkylation sites (N-methyl/N-ethyl adjacent to an activating group) is 1. The molecule has 0 aliphatic rings. The highest BCUT2D eigenvalue weighted by Gasteiger charge is 2.15. The van der Waals surface area contributed by atoms with E-state index >= 15 is 0 Å². The fraction of sp³-hybridized carbons (Fsp3) is 0.238. The van der Waals surface area contributed by atoms with Crippen LogP contribution in [0.5, 0.6) is 6.01 Å². The summed E-state index contributed by atoms with van der Waals surface area (Å²) in [7, 11) is 4.04. The van der Waals surface area contributed by atoms with Crippen LogP contribution >= 0.6 is 11.3 Å². The van der Waals surface area contributed by atoms with Gasteiger partial charge in [-0.1, -0.05) is 30.3 Å². The fourth-order valence-corrected chi connectivity index (χ4v) is 3.70. The van der Waals surface area contributed by atoms with Gasteiger partial charge in [-0.25, -0.2) is 4.98 Å². The molecule has 8 nitrogen and oxygen atoms in total. The van der Waals surface area contributed by atoms with Gasteiger partial charge in [0.1, 0.15) is 0 Å². The second-order valence-electron chi connectivity index (χ2n) is 7.13. The maximum atomic E-state index is 10.2. The lowest BCUT2D eigenvalue weighted by Crippen LogP contribution is -2.32. The van der Waals surface area contributed by atoms with Crippen LogP contribution in [0, 0.1) is 0 Å². The third kappa shape index (κ3) is 5.00. The molecule has 0 spiro atoms. The van der Waals surface area contributed by atoms with Crippen molar-refractivity contribution in [2.45, 2.75) is 6.54 Å². The highest BCUT2D eigenvalue weighted by Crippen LogP contribution is 2.24. The first-order valence-corrected chi connectivity index (χ1v) is 10.4. The number of fused-ring (bicyclic) bond motifs is 1. The molecular formula is C21H23N7OS. The summed E-state index contributed by atoms with van der Waals surface area (Å²) in [6, 6.07) is 15.7. The van der Waals surface area contributed by atoms with Crippen LogP contribution in [-0.4, -0.2) is 57.1 Å². The van der Waals surface area contributed by atoms with Crippen LogP contribution in [-0.2, 0) is 6.54 Å². The standard InChI is InChI=1S/C21H23N7OS/c1-27(2)10-11-28(13-15-6-4-3-5-7-15)20-24-19(25-21(29)26-20)23-16-8-9-17-18(12-16)30-14-22-17/h3-9,12,14H,10-11,13H2,1-2H3,(H2,23,24,25,26,29). The van der Waals surface area contributed by atoms with Crippen molar-refractivity contribution in [3.63, 3.8) is 0 Å². The average molecular weight is 422 g/mol. The molecule has 0 fully saturated rings. The van der Waals surface area contributed by atoms with Crippen molar-refractivity contribution < 1.29 is 5.11 Å². The van der Waals surface area contributed by atoms with Crippen molar-refractivity contribution in [3.05, 3.63) is 59.6 Å². The topological polar surface area (TPSA) is 90.3 Å². The number of benzene rings is 2. The Morgan fingerprint density at radius 2 is 1.83 bits per heavy atom. The zero-order valence-corrected chi connectivity index (χ0v) is 17.7. The maximum absolute atomic E-state index is 10.2. The molecule has 0 amide bonds. The molecule has 2 aromatic carbocycles. The number of aromatic nitrogens is 4. The van der Waals surface area contributed by atoms with Gasteiger partial charge in [0.05, 0.1) is 15.7 Å². The minimum Gasteiger partial charge on any atom is -0.479 e. The molecule has 0 aliphatic heterocycles. The minimum atomic E-state index is -0.315. The molecule has 0 aliphatic carbocycles. The molecule has 0 bridgehead atoms. The number of thiazole rings is 1. The number of rotatable bonds is 8. The Kier molecular flexibility index (Phi) is 6.01. The van der Waals surface area contributed by atoms with E-state index in [1.807, 2.05) is 60.9 Å². The van der Waals surface area contributed by atoms with Gasteiger partial charge in [0.25, 0.3) is 0 Å². The van der Waals surface area contributed by atoms with Crippen LogP contribution in [0.25, 0.3) is 10.2 Å². The number of nitrogens with one attached hydrogen (secondary N) is 1. The predicted octanol–water partition coefficient (Wildman–Crippen LogP) is 3.50. The zero-order chi connectivity index (χ0) is 20.9. The van der Waals surface area contributed by atoms with E-state index in [2.05, 4.69) is 42.3 Å². The Hall–Kier alpha value is -3.30. The smallest absolute Gasteiger partial charge is 0.320 e. The summed E-state index contributed by atoms with van der Waals surface area (Å²) in [5, 5.41) is 13.3. The first kappa shape index (κ1) is 20.0. The lowest BCUT2D eigenvalue weighted by atomic mass is 10.2. The summed E-state index contributed by atoms with van der Waals surface area (Å²) in [4.78, 5) is 21.2. The summed E-state index contributed by atoms with van der Waals surface area (Å²) in [6.07, 6.45) is 0. The number of aromatic hydroxyl groups is 1. The molecule has 4 rings (SSSR count). The zero-order valence-electron chi connectivity index (χ0n) is 16.9. The van der Waals surface area contributed by atoms with Crippen LogP contribution in [0.4, 0.5) is 17.6 Å². The van der Waals surface area contributed by atoms with E-state index in [0.29, 0.717) is 25.0 Å². The lowest BCUT2D eigenvalue weighted by molar-refractivity contribution is 0.408. The second-order valence-corrected chi connectivity index (χ2v) is 8.02. The third-order valence-electron chi connectivity index (χ3n) is 4.52. The fourth-order valence-electron chi connectivity index (χ4n) is 2.99. The van der Waals surface area contributed by atoms with Gasteiger partial charge in [-0.2, -0.15) is 15.0 Å². The molecule has 154 valence electrons. The Bertz CT molecular complexity index is 1120. The van der Waals surface area contributed by atoms with Crippen molar-refractivity contribution in [1.29, 1.82) is 0 Å². The lowest BCUT2D eigenvalue weighted by Gasteiger charge is -2.24. The van der Waals surface area contributed by atoms with E-state index in [0.717, 1.165) is 28.0 Å². The van der Waals surface area contributed by atoms with Gasteiger partial charge in [0, 0.05) is 25.3 Å². The monoisotopic (exact) mass is 421 g/mol. The molecular weight excluding hydrogens is 398 g/mol. The van der Waals surface area contributed by atoms with E-state index < -0.39 is 0 Å². The first-order chi connectivity index (χ1) is 14.6. The van der Waals surface area contributed by atoms with Crippen molar-refractivity contribution in [2.75, 3.05) is 37.4 Å². The molecule has 4 aromatic rings. The maximum Gasteiger partial charge on any atom is 0.320 e. The number of nitrogens with zero attached hydrogens (tertiary/aromatic N) is 6. The second kappa shape index (κ2) is 9.02. The SMILES string of the molecule is CN(C)CCN(Cc1ccccc1)c1nc(O)nc(Nc2ccc3ncsc3c2)n1. The summed E-state index contributed by atoms with van der Waals surface area (Å²) < 4.78 is 1.06. The molecule has 0 saturated carbocycles. The van der Waals surface area contributed by atoms with Gasteiger partial charge in [-0.05, 0) is 37.9 Å². The van der Waals surface area contributed by atoms with Gasteiger partial charge in [0.2, 0.25) is 11.9 Å². The van der Waals surface area contributed by atoms with Crippen molar-refractivity contribution in [2.24, 2.45) is 0 Å². The third-order valence-corrected chi connectivity index (χ3v) is 5.31. The summed E-state index contributed by atoms with van der Waals surface area (Å²) >= 11 is 1.57. The van der Waals surface area contributed by atoms with Gasteiger partial charge in [-0.15, -0.1) is 11.3 Å². The molecule has 0 atom stereocenters. The molecule has 0 radical (unpaired) electrons. The Labute approximate surface area is 178 Å². The molecule has 0 saturated heterocycles. The summed E-state index contributed by atoms with van der Waals surface area (Å²) in [6.45, 7) is 2.16. The van der Waals surface area contributed by atoms with Crippen molar-refractivity contribution in [3.8, 4) is 6.01 Å². The number of anilines is 3. The Morgan fingerprint density at radius 3 is 2.63 bits per heavy atom. The molecule has 2 N–H and O–H groups in total. The number of hydrogen-bond donors (Lipinski definition) is 2. The van der Waals surface area contributed by atoms with E-state index in [4.69, 9.17) is 0 Å². The van der Waals surface area contributed by atoms with Crippen molar-refractivity contribution in [1.82, 2.24) is 24.8 Å². The Balaban J connectivity index is 1.60. The van der Waals surface area contributed by atoms with E-state index in [1.54, 1.807) is 11.3 Å². The first-order valence-electron chi connectivity index (χ1n) is 9.56. The van der Waals surface area contributed by atoms with Crippen LogP contribution in [0.2, 0.25) is 0 Å². The van der Waals surface area contributed by atoms with Crippen molar-refractivity contribution >= 4 is 39.1 Å². The van der Waals surface area contributed by atoms with Crippen LogP contribution < -0.4 is 10.2 Å².